The van der Waals surface area contributed by atoms with Gasteiger partial charge in [0.2, 0.25) is 0 Å². The van der Waals surface area contributed by atoms with Crippen molar-refractivity contribution >= 4 is 41.8 Å². The summed E-state index contributed by atoms with van der Waals surface area (Å²) in [6.07, 6.45) is 0. The molecule has 0 saturated heterocycles. The monoisotopic (exact) mass is 313 g/mol. The van der Waals surface area contributed by atoms with E-state index in [1.807, 2.05) is 0 Å². The molecule has 6 heteroatoms. The van der Waals surface area contributed by atoms with Crippen LogP contribution in [0, 0.1) is 23.5 Å². The molecule has 0 fully saturated rings. The Kier molecular flexibility index (Phi) is 7.61. The van der Waals surface area contributed by atoms with Crippen LogP contribution >= 0.6 is 25.8 Å². The highest BCUT2D eigenvalue weighted by Crippen LogP contribution is 2.03. The van der Waals surface area contributed by atoms with Crippen LogP contribution in [0.15, 0.2) is 12.1 Å². The highest BCUT2D eigenvalue weighted by atomic mass is 79.9. The van der Waals surface area contributed by atoms with Gasteiger partial charge in [0.25, 0.3) is 0 Å². The number of rotatable bonds is 0. The first-order valence-corrected chi connectivity index (χ1v) is 10.6. The summed E-state index contributed by atoms with van der Waals surface area (Å²) in [6, 6.07) is 2.75. The molecule has 0 amide bonds. The van der Waals surface area contributed by atoms with Crippen molar-refractivity contribution in [2.75, 3.05) is 0 Å². The maximum atomic E-state index is 11.9. The molecule has 63 valence electrons. The lowest BCUT2D eigenvalue weighted by Gasteiger charge is -1.87. The van der Waals surface area contributed by atoms with E-state index in [9.17, 15) is 13.2 Å². The molecule has 0 nitrogen and oxygen atoms in total. The first-order valence-electron chi connectivity index (χ1n) is 2.76. The first kappa shape index (κ1) is 12.7. The molecule has 0 atom stereocenters. The van der Waals surface area contributed by atoms with E-state index in [1.165, 1.54) is 0 Å². The first-order chi connectivity index (χ1) is 5.60. The standard InChI is InChI=1S/C6H2F3.2BrH.Mg/c7-4-1-5(8)3-6(9)2-4;;;/h1-2H;2*1H;/q;;;+2/p-2. The van der Waals surface area contributed by atoms with Crippen molar-refractivity contribution in [1.29, 1.82) is 0 Å². The molecular formula is C6H2Br2F3Mg. The van der Waals surface area contributed by atoms with Crippen LogP contribution < -0.4 is 0 Å². The molecule has 0 bridgehead atoms. The molecule has 0 aromatic heterocycles. The van der Waals surface area contributed by atoms with Gasteiger partial charge in [-0.15, -0.1) is 0 Å². The van der Waals surface area contributed by atoms with Crippen LogP contribution in [0.1, 0.15) is 0 Å². The van der Waals surface area contributed by atoms with Crippen LogP contribution in [0.5, 0.6) is 0 Å². The minimum absolute atomic E-state index is 0.0417. The summed E-state index contributed by atoms with van der Waals surface area (Å²) in [5.41, 5.74) is 0. The van der Waals surface area contributed by atoms with Crippen molar-refractivity contribution in [3.8, 4) is 0 Å². The van der Waals surface area contributed by atoms with Gasteiger partial charge in [0.05, 0.1) is 6.07 Å². The summed E-state index contributed by atoms with van der Waals surface area (Å²) in [5, 5.41) is 0. The maximum Gasteiger partial charge on any atom is 0.560 e. The maximum absolute atomic E-state index is 11.9. The Bertz CT molecular complexity index is 194. The van der Waals surface area contributed by atoms with E-state index in [0.29, 0.717) is 12.1 Å². The van der Waals surface area contributed by atoms with E-state index in [0.717, 1.165) is 0 Å². The quantitative estimate of drug-likeness (QED) is 0.645. The molecule has 1 aromatic rings. The lowest BCUT2D eigenvalue weighted by molar-refractivity contribution is 0.540. The molecule has 0 spiro atoms. The SMILES string of the molecule is Fc1[c]c(F)cc(F)c1.[Br][Mg][Br]. The van der Waals surface area contributed by atoms with E-state index >= 15 is 0 Å². The van der Waals surface area contributed by atoms with Crippen molar-refractivity contribution in [3.63, 3.8) is 0 Å². The van der Waals surface area contributed by atoms with Gasteiger partial charge in [0, 0.05) is 12.1 Å². The Morgan fingerprint density at radius 1 is 1.08 bits per heavy atom. The van der Waals surface area contributed by atoms with Gasteiger partial charge in [-0.05, 0) is 0 Å². The summed E-state index contributed by atoms with van der Waals surface area (Å²) < 4.78 is 35.7. The number of hydrogen-bond acceptors (Lipinski definition) is 0. The summed E-state index contributed by atoms with van der Waals surface area (Å²) in [6.45, 7) is 0. The average Bonchev–Trinajstić information content (AvgIpc) is 1.84. The largest absolute Gasteiger partial charge is 0.560 e. The van der Waals surface area contributed by atoms with Crippen LogP contribution in [0.25, 0.3) is 0 Å². The number of benzene rings is 1. The number of halogens is 5. The smallest absolute Gasteiger partial charge is 0.280 e. The lowest BCUT2D eigenvalue weighted by Crippen LogP contribution is -1.81. The van der Waals surface area contributed by atoms with Crippen LogP contribution in [-0.2, 0) is 0 Å². The van der Waals surface area contributed by atoms with Gasteiger partial charge in [-0.3, -0.25) is 25.8 Å². The van der Waals surface area contributed by atoms with Gasteiger partial charge < -0.3 is 0 Å². The molecule has 1 radical (unpaired) electrons. The molecule has 1 aromatic carbocycles. The van der Waals surface area contributed by atoms with Crippen molar-refractivity contribution in [2.24, 2.45) is 0 Å². The van der Waals surface area contributed by atoms with E-state index in [1.54, 1.807) is 6.07 Å². The lowest BCUT2D eigenvalue weighted by atomic mass is 10.3. The van der Waals surface area contributed by atoms with Gasteiger partial charge >= 0.3 is 16.0 Å². The van der Waals surface area contributed by atoms with E-state index in [-0.39, 0.29) is 16.0 Å². The molecular weight excluding hydrogens is 313 g/mol. The number of hydrogen-bond donors (Lipinski definition) is 0. The normalized spacial score (nSPS) is 8.08. The molecule has 1 rings (SSSR count). The molecule has 0 N–H and O–H groups in total. The second-order valence-corrected chi connectivity index (χ2v) is 9.68. The summed E-state index contributed by atoms with van der Waals surface area (Å²) in [5.74, 6) is -2.97. The third-order valence-electron chi connectivity index (χ3n) is 0.768. The van der Waals surface area contributed by atoms with E-state index in [4.69, 9.17) is 0 Å². The topological polar surface area (TPSA) is 0 Å². The molecule has 0 aliphatic rings. The summed E-state index contributed by atoms with van der Waals surface area (Å²) >= 11 is 6.44. The third-order valence-corrected chi connectivity index (χ3v) is 0.768. The van der Waals surface area contributed by atoms with Gasteiger partial charge in [-0.25, -0.2) is 13.2 Å². The Hall–Kier alpha value is 0.736. The molecule has 0 saturated carbocycles. The summed E-state index contributed by atoms with van der Waals surface area (Å²) in [7, 11) is 0. The fourth-order valence-electron chi connectivity index (χ4n) is 0.470. The highest BCUT2D eigenvalue weighted by molar-refractivity contribution is 9.47. The summed E-state index contributed by atoms with van der Waals surface area (Å²) in [4.78, 5) is 0. The van der Waals surface area contributed by atoms with Crippen LogP contribution in [0.4, 0.5) is 13.2 Å². The van der Waals surface area contributed by atoms with Crippen LogP contribution in [0.2, 0.25) is 0 Å². The predicted octanol–water partition coefficient (Wildman–Crippen LogP) is 3.21. The Balaban J connectivity index is 0.000000354. The van der Waals surface area contributed by atoms with Crippen LogP contribution in [-0.4, -0.2) is 16.0 Å². The van der Waals surface area contributed by atoms with E-state index < -0.39 is 17.5 Å². The fraction of sp³-hybridized carbons (Fsp3) is 0. The van der Waals surface area contributed by atoms with Gasteiger partial charge in [-0.2, -0.15) is 0 Å². The molecule has 0 heterocycles. The Morgan fingerprint density at radius 2 is 1.42 bits per heavy atom. The van der Waals surface area contributed by atoms with Crippen molar-refractivity contribution < 1.29 is 13.2 Å². The zero-order valence-corrected chi connectivity index (χ0v) is 10.3. The third kappa shape index (κ3) is 6.27. The Labute approximate surface area is 90.0 Å². The van der Waals surface area contributed by atoms with E-state index in [2.05, 4.69) is 25.8 Å². The zero-order valence-electron chi connectivity index (χ0n) is 5.75. The second-order valence-electron chi connectivity index (χ2n) is 1.60. The van der Waals surface area contributed by atoms with Crippen molar-refractivity contribution in [1.82, 2.24) is 0 Å². The van der Waals surface area contributed by atoms with Gasteiger partial charge in [0.1, 0.15) is 17.5 Å². The van der Waals surface area contributed by atoms with Crippen molar-refractivity contribution in [2.45, 2.75) is 0 Å². The molecule has 0 unspecified atom stereocenters. The minimum atomic E-state index is -1.02. The highest BCUT2D eigenvalue weighted by Gasteiger charge is 1.97. The fourth-order valence-corrected chi connectivity index (χ4v) is 0.470. The van der Waals surface area contributed by atoms with Gasteiger partial charge in [-0.1, -0.05) is 0 Å². The molecule has 12 heavy (non-hydrogen) atoms. The zero-order chi connectivity index (χ0) is 9.56. The van der Waals surface area contributed by atoms with Gasteiger partial charge in [0.15, 0.2) is 0 Å². The Morgan fingerprint density at radius 3 is 1.67 bits per heavy atom. The van der Waals surface area contributed by atoms with Crippen LogP contribution in [0.3, 0.4) is 0 Å². The predicted molar refractivity (Wildman–Crippen MR) is 48.8 cm³/mol. The molecule has 0 aliphatic carbocycles. The minimum Gasteiger partial charge on any atom is -0.280 e. The average molecular weight is 315 g/mol. The molecule has 0 aliphatic heterocycles. The van der Waals surface area contributed by atoms with Crippen molar-refractivity contribution in [3.05, 3.63) is 35.7 Å². The second kappa shape index (κ2) is 7.17.